The van der Waals surface area contributed by atoms with Crippen LogP contribution in [0.2, 0.25) is 5.02 Å². The van der Waals surface area contributed by atoms with E-state index in [-0.39, 0.29) is 5.92 Å². The van der Waals surface area contributed by atoms with E-state index >= 15 is 0 Å². The van der Waals surface area contributed by atoms with E-state index in [2.05, 4.69) is 28.1 Å². The average molecular weight is 386 g/mol. The van der Waals surface area contributed by atoms with Crippen molar-refractivity contribution in [1.29, 1.82) is 0 Å². The van der Waals surface area contributed by atoms with Gasteiger partial charge in [0.15, 0.2) is 0 Å². The molecule has 4 heteroatoms. The maximum Gasteiger partial charge on any atom is 0.125 e. The van der Waals surface area contributed by atoms with Crippen LogP contribution in [-0.4, -0.2) is 12.5 Å². The highest BCUT2D eigenvalue weighted by atomic mass is 79.9. The number of alkyl halides is 1. The number of rotatable bonds is 4. The number of halogens is 3. The summed E-state index contributed by atoms with van der Waals surface area (Å²) in [7, 11) is 0. The molecule has 0 amide bonds. The Morgan fingerprint density at radius 2 is 2.10 bits per heavy atom. The molecule has 110 valence electrons. The normalized spacial score (nSPS) is 14.6. The molecule has 0 N–H and O–H groups in total. The number of hydrogen-bond donors (Lipinski definition) is 0. The second kappa shape index (κ2) is 6.60. The molecule has 0 fully saturated rings. The Morgan fingerprint density at radius 3 is 2.86 bits per heavy atom. The lowest BCUT2D eigenvalue weighted by atomic mass is 9.92. The molecule has 1 nitrogen and oxygen atoms in total. The first-order valence-corrected chi connectivity index (χ1v) is 8.63. The number of benzene rings is 2. The molecule has 1 atom stereocenters. The zero-order chi connectivity index (χ0) is 14.8. The summed E-state index contributed by atoms with van der Waals surface area (Å²) in [5.74, 6) is 1.82. The fourth-order valence-electron chi connectivity index (χ4n) is 2.79. The van der Waals surface area contributed by atoms with Gasteiger partial charge in [0.2, 0.25) is 0 Å². The Kier molecular flexibility index (Phi) is 4.78. The molecule has 0 aromatic heterocycles. The first kappa shape index (κ1) is 15.2. The van der Waals surface area contributed by atoms with Crippen molar-refractivity contribution >= 4 is 39.1 Å². The van der Waals surface area contributed by atoms with Gasteiger partial charge in [0.05, 0.1) is 6.61 Å². The van der Waals surface area contributed by atoms with Crippen LogP contribution in [0, 0.1) is 0 Å². The molecule has 1 aliphatic rings. The molecular formula is C17H15BrCl2O. The van der Waals surface area contributed by atoms with Gasteiger partial charge in [-0.2, -0.15) is 0 Å². The van der Waals surface area contributed by atoms with E-state index in [0.717, 1.165) is 40.3 Å². The molecule has 0 aliphatic carbocycles. The van der Waals surface area contributed by atoms with Gasteiger partial charge in [0, 0.05) is 27.7 Å². The molecule has 0 saturated heterocycles. The van der Waals surface area contributed by atoms with Gasteiger partial charge >= 0.3 is 0 Å². The summed E-state index contributed by atoms with van der Waals surface area (Å²) in [6.45, 7) is 0.741. The highest BCUT2D eigenvalue weighted by Gasteiger charge is 2.21. The van der Waals surface area contributed by atoms with E-state index in [1.165, 1.54) is 11.1 Å². The molecule has 1 aliphatic heterocycles. The standard InChI is InChI=1S/C17H15BrCl2O/c18-15-3-1-2-11(7-15)14(10-19)6-13-9-16(20)8-12-4-5-21-17(12)13/h1-3,7-9,14H,4-6,10H2. The molecular weight excluding hydrogens is 371 g/mol. The van der Waals surface area contributed by atoms with Crippen molar-refractivity contribution in [3.05, 3.63) is 62.6 Å². The predicted molar refractivity (Wildman–Crippen MR) is 92.0 cm³/mol. The highest BCUT2D eigenvalue weighted by Crippen LogP contribution is 2.36. The number of ether oxygens (including phenoxy) is 1. The van der Waals surface area contributed by atoms with Crippen molar-refractivity contribution in [1.82, 2.24) is 0 Å². The van der Waals surface area contributed by atoms with E-state index in [1.54, 1.807) is 0 Å². The minimum Gasteiger partial charge on any atom is -0.493 e. The Bertz CT molecular complexity index is 657. The molecule has 0 radical (unpaired) electrons. The lowest BCUT2D eigenvalue weighted by Crippen LogP contribution is -2.06. The van der Waals surface area contributed by atoms with Crippen molar-refractivity contribution in [3.8, 4) is 5.75 Å². The summed E-state index contributed by atoms with van der Waals surface area (Å²) >= 11 is 16.0. The Hall–Kier alpha value is -0.700. The van der Waals surface area contributed by atoms with Crippen LogP contribution < -0.4 is 4.74 Å². The molecule has 1 heterocycles. The Balaban J connectivity index is 1.91. The first-order valence-electron chi connectivity index (χ1n) is 6.93. The maximum absolute atomic E-state index is 6.23. The average Bonchev–Trinajstić information content (AvgIpc) is 2.92. The smallest absolute Gasteiger partial charge is 0.125 e. The topological polar surface area (TPSA) is 9.23 Å². The van der Waals surface area contributed by atoms with Gasteiger partial charge in [-0.05, 0) is 47.4 Å². The van der Waals surface area contributed by atoms with Crippen molar-refractivity contribution in [2.24, 2.45) is 0 Å². The lowest BCUT2D eigenvalue weighted by Gasteiger charge is -2.17. The minimum atomic E-state index is 0.246. The van der Waals surface area contributed by atoms with E-state index in [1.807, 2.05) is 24.3 Å². The van der Waals surface area contributed by atoms with Gasteiger partial charge in [0.1, 0.15) is 5.75 Å². The SMILES string of the molecule is ClCC(Cc1cc(Cl)cc2c1OCC2)c1cccc(Br)c1. The van der Waals surface area contributed by atoms with Crippen molar-refractivity contribution < 1.29 is 4.74 Å². The van der Waals surface area contributed by atoms with E-state index in [4.69, 9.17) is 27.9 Å². The Labute approximate surface area is 143 Å². The van der Waals surface area contributed by atoms with Gasteiger partial charge in [-0.3, -0.25) is 0 Å². The fraction of sp³-hybridized carbons (Fsp3) is 0.294. The van der Waals surface area contributed by atoms with Crippen LogP contribution >= 0.6 is 39.1 Å². The maximum atomic E-state index is 6.23. The summed E-state index contributed by atoms with van der Waals surface area (Å²) < 4.78 is 6.85. The molecule has 21 heavy (non-hydrogen) atoms. The summed E-state index contributed by atoms with van der Waals surface area (Å²) in [4.78, 5) is 0. The first-order chi connectivity index (χ1) is 10.2. The summed E-state index contributed by atoms with van der Waals surface area (Å²) in [6, 6.07) is 12.3. The second-order valence-corrected chi connectivity index (χ2v) is 6.92. The quantitative estimate of drug-likeness (QED) is 0.622. The van der Waals surface area contributed by atoms with Crippen molar-refractivity contribution in [3.63, 3.8) is 0 Å². The molecule has 2 aromatic rings. The highest BCUT2D eigenvalue weighted by molar-refractivity contribution is 9.10. The Morgan fingerprint density at radius 1 is 1.24 bits per heavy atom. The predicted octanol–water partition coefficient (Wildman–Crippen LogP) is 5.60. The van der Waals surface area contributed by atoms with E-state index < -0.39 is 0 Å². The van der Waals surface area contributed by atoms with Crippen LogP contribution in [0.15, 0.2) is 40.9 Å². The molecule has 3 rings (SSSR count). The molecule has 0 bridgehead atoms. The van der Waals surface area contributed by atoms with Crippen LogP contribution in [0.25, 0.3) is 0 Å². The zero-order valence-electron chi connectivity index (χ0n) is 11.4. The van der Waals surface area contributed by atoms with Crippen LogP contribution in [0.1, 0.15) is 22.6 Å². The number of fused-ring (bicyclic) bond motifs is 1. The minimum absolute atomic E-state index is 0.246. The number of hydrogen-bond acceptors (Lipinski definition) is 1. The monoisotopic (exact) mass is 384 g/mol. The van der Waals surface area contributed by atoms with Crippen LogP contribution in [0.4, 0.5) is 0 Å². The van der Waals surface area contributed by atoms with E-state index in [9.17, 15) is 0 Å². The van der Waals surface area contributed by atoms with Crippen LogP contribution in [-0.2, 0) is 12.8 Å². The van der Waals surface area contributed by atoms with Crippen LogP contribution in [0.3, 0.4) is 0 Å². The lowest BCUT2D eigenvalue weighted by molar-refractivity contribution is 0.353. The van der Waals surface area contributed by atoms with Crippen molar-refractivity contribution in [2.45, 2.75) is 18.8 Å². The van der Waals surface area contributed by atoms with Gasteiger partial charge in [0.25, 0.3) is 0 Å². The fourth-order valence-corrected chi connectivity index (χ4v) is 3.75. The van der Waals surface area contributed by atoms with Gasteiger partial charge in [-0.15, -0.1) is 11.6 Å². The second-order valence-electron chi connectivity index (χ2n) is 5.26. The summed E-state index contributed by atoms with van der Waals surface area (Å²) in [5, 5.41) is 0.775. The van der Waals surface area contributed by atoms with Gasteiger partial charge < -0.3 is 4.74 Å². The molecule has 0 spiro atoms. The van der Waals surface area contributed by atoms with Crippen LogP contribution in [0.5, 0.6) is 5.75 Å². The summed E-state index contributed by atoms with van der Waals surface area (Å²) in [5.41, 5.74) is 3.59. The molecule has 1 unspecified atom stereocenters. The van der Waals surface area contributed by atoms with Gasteiger partial charge in [-0.25, -0.2) is 0 Å². The third-order valence-corrected chi connectivity index (χ3v) is 4.88. The molecule has 0 saturated carbocycles. The summed E-state index contributed by atoms with van der Waals surface area (Å²) in [6.07, 6.45) is 1.77. The largest absolute Gasteiger partial charge is 0.493 e. The van der Waals surface area contributed by atoms with E-state index in [0.29, 0.717) is 5.88 Å². The third kappa shape index (κ3) is 3.39. The van der Waals surface area contributed by atoms with Crippen molar-refractivity contribution in [2.75, 3.05) is 12.5 Å². The third-order valence-electron chi connectivity index (χ3n) is 3.80. The van der Waals surface area contributed by atoms with Gasteiger partial charge in [-0.1, -0.05) is 39.7 Å². The zero-order valence-corrected chi connectivity index (χ0v) is 14.5. The molecule has 2 aromatic carbocycles.